The third kappa shape index (κ3) is 7.38. The second-order valence-corrected chi connectivity index (χ2v) is 10.8. The predicted molar refractivity (Wildman–Crippen MR) is 111 cm³/mol. The molecule has 0 aromatic heterocycles. The molecule has 0 atom stereocenters. The lowest BCUT2D eigenvalue weighted by Crippen LogP contribution is -2.45. The monoisotopic (exact) mass is 398 g/mol. The highest BCUT2D eigenvalue weighted by atomic mass is 16.6. The number of rotatable bonds is 9. The Kier molecular flexibility index (Phi) is 8.15. The summed E-state index contributed by atoms with van der Waals surface area (Å²) in [5.74, 6) is -0.568. The molecule has 0 heterocycles. The molecule has 0 unspecified atom stereocenters. The van der Waals surface area contributed by atoms with Crippen LogP contribution in [-0.4, -0.2) is 35.3 Å². The number of carbonyl (C=O) groups is 2. The average molecular weight is 399 g/mol. The molecule has 5 nitrogen and oxygen atoms in total. The molecule has 1 rings (SSSR count). The van der Waals surface area contributed by atoms with Gasteiger partial charge in [-0.25, -0.2) is 0 Å². The van der Waals surface area contributed by atoms with Gasteiger partial charge in [0.2, 0.25) is 0 Å². The van der Waals surface area contributed by atoms with E-state index < -0.39 is 11.2 Å². The van der Waals surface area contributed by atoms with Gasteiger partial charge in [-0.05, 0) is 53.4 Å². The maximum Gasteiger partial charge on any atom is 0.309 e. The minimum absolute atomic E-state index is 0.0749. The van der Waals surface area contributed by atoms with E-state index in [1.807, 2.05) is 41.5 Å². The molecule has 0 aromatic carbocycles. The van der Waals surface area contributed by atoms with Gasteiger partial charge >= 0.3 is 11.9 Å². The Morgan fingerprint density at radius 3 is 1.93 bits per heavy atom. The predicted octanol–water partition coefficient (Wildman–Crippen LogP) is 5.44. The number of ether oxygens (including phenoxy) is 3. The summed E-state index contributed by atoms with van der Waals surface area (Å²) in [5, 5.41) is 0. The normalized spacial score (nSPS) is 17.6. The zero-order valence-corrected chi connectivity index (χ0v) is 19.6. The molecule has 0 aromatic rings. The quantitative estimate of drug-likeness (QED) is 0.484. The molecule has 0 radical (unpaired) electrons. The van der Waals surface area contributed by atoms with E-state index in [1.54, 1.807) is 0 Å². The Bertz CT molecular complexity index is 534. The van der Waals surface area contributed by atoms with E-state index in [2.05, 4.69) is 20.8 Å². The van der Waals surface area contributed by atoms with Crippen molar-refractivity contribution in [2.75, 3.05) is 6.61 Å². The molecule has 0 saturated heterocycles. The fourth-order valence-electron chi connectivity index (χ4n) is 3.62. The minimum Gasteiger partial charge on any atom is -0.459 e. The summed E-state index contributed by atoms with van der Waals surface area (Å²) >= 11 is 0. The molecule has 5 heteroatoms. The van der Waals surface area contributed by atoms with E-state index in [-0.39, 0.29) is 35.3 Å². The largest absolute Gasteiger partial charge is 0.459 e. The third-order valence-electron chi connectivity index (χ3n) is 5.70. The first kappa shape index (κ1) is 24.9. The lowest BCUT2D eigenvalue weighted by molar-refractivity contribution is -0.179. The molecular formula is C23H42O5. The maximum atomic E-state index is 12.7. The zero-order valence-electron chi connectivity index (χ0n) is 19.6. The molecule has 0 bridgehead atoms. The first-order valence-electron chi connectivity index (χ1n) is 10.7. The second-order valence-electron chi connectivity index (χ2n) is 10.8. The highest BCUT2D eigenvalue weighted by Crippen LogP contribution is 2.46. The van der Waals surface area contributed by atoms with Gasteiger partial charge in [0, 0.05) is 11.8 Å². The zero-order chi connectivity index (χ0) is 21.8. The first-order chi connectivity index (χ1) is 12.6. The second kappa shape index (κ2) is 9.15. The summed E-state index contributed by atoms with van der Waals surface area (Å²) in [5.41, 5.74) is -1.67. The van der Waals surface area contributed by atoms with Crippen molar-refractivity contribution in [1.82, 2.24) is 0 Å². The van der Waals surface area contributed by atoms with Gasteiger partial charge in [-0.3, -0.25) is 9.59 Å². The summed E-state index contributed by atoms with van der Waals surface area (Å²) in [4.78, 5) is 24.5. The standard InChI is InChI=1S/C23H42O5/c1-17(2)19(25)28-21(6,7)14-15-26-22(8,9)16-18(24)27-23(20(3,4)5)12-10-11-13-23/h17H,10-16H2,1-9H3. The molecule has 28 heavy (non-hydrogen) atoms. The summed E-state index contributed by atoms with van der Waals surface area (Å²) in [6.07, 6.45) is 4.84. The van der Waals surface area contributed by atoms with Crippen molar-refractivity contribution in [2.45, 2.75) is 118 Å². The maximum absolute atomic E-state index is 12.7. The average Bonchev–Trinajstić information content (AvgIpc) is 2.94. The van der Waals surface area contributed by atoms with Gasteiger partial charge < -0.3 is 14.2 Å². The van der Waals surface area contributed by atoms with Crippen molar-refractivity contribution in [3.05, 3.63) is 0 Å². The topological polar surface area (TPSA) is 61.8 Å². The van der Waals surface area contributed by atoms with E-state index in [0.717, 1.165) is 25.7 Å². The van der Waals surface area contributed by atoms with Crippen LogP contribution in [0.15, 0.2) is 0 Å². The van der Waals surface area contributed by atoms with Gasteiger partial charge in [-0.2, -0.15) is 0 Å². The van der Waals surface area contributed by atoms with Crippen LogP contribution in [0.25, 0.3) is 0 Å². The van der Waals surface area contributed by atoms with Gasteiger partial charge in [-0.15, -0.1) is 0 Å². The molecule has 1 fully saturated rings. The van der Waals surface area contributed by atoms with Crippen LogP contribution in [0.4, 0.5) is 0 Å². The Labute approximate surface area is 171 Å². The van der Waals surface area contributed by atoms with Crippen LogP contribution >= 0.6 is 0 Å². The number of hydrogen-bond acceptors (Lipinski definition) is 5. The lowest BCUT2D eigenvalue weighted by Gasteiger charge is -2.41. The van der Waals surface area contributed by atoms with Crippen molar-refractivity contribution >= 4 is 11.9 Å². The molecular weight excluding hydrogens is 356 g/mol. The van der Waals surface area contributed by atoms with Crippen molar-refractivity contribution < 1.29 is 23.8 Å². The number of esters is 2. The van der Waals surface area contributed by atoms with Gasteiger partial charge in [0.05, 0.1) is 24.5 Å². The molecule has 1 saturated carbocycles. The smallest absolute Gasteiger partial charge is 0.309 e. The van der Waals surface area contributed by atoms with Gasteiger partial charge in [0.1, 0.15) is 11.2 Å². The van der Waals surface area contributed by atoms with Crippen LogP contribution in [0, 0.1) is 11.3 Å². The Morgan fingerprint density at radius 1 is 0.929 bits per heavy atom. The van der Waals surface area contributed by atoms with Crippen molar-refractivity contribution in [2.24, 2.45) is 11.3 Å². The Morgan fingerprint density at radius 2 is 1.46 bits per heavy atom. The summed E-state index contributed by atoms with van der Waals surface area (Å²) in [7, 11) is 0. The van der Waals surface area contributed by atoms with Gasteiger partial charge in [0.25, 0.3) is 0 Å². The van der Waals surface area contributed by atoms with Gasteiger partial charge in [0.15, 0.2) is 0 Å². The molecule has 0 amide bonds. The van der Waals surface area contributed by atoms with Crippen LogP contribution in [0.2, 0.25) is 0 Å². The minimum atomic E-state index is -0.632. The van der Waals surface area contributed by atoms with E-state index in [4.69, 9.17) is 14.2 Å². The molecule has 0 spiro atoms. The van der Waals surface area contributed by atoms with Crippen molar-refractivity contribution in [3.8, 4) is 0 Å². The summed E-state index contributed by atoms with van der Waals surface area (Å²) < 4.78 is 17.5. The summed E-state index contributed by atoms with van der Waals surface area (Å²) in [6, 6.07) is 0. The summed E-state index contributed by atoms with van der Waals surface area (Å²) in [6.45, 7) is 18.0. The van der Waals surface area contributed by atoms with Crippen LogP contribution in [0.3, 0.4) is 0 Å². The Hall–Kier alpha value is -1.10. The highest BCUT2D eigenvalue weighted by molar-refractivity contribution is 5.72. The highest BCUT2D eigenvalue weighted by Gasteiger charge is 2.47. The Balaban J connectivity index is 2.54. The third-order valence-corrected chi connectivity index (χ3v) is 5.70. The molecule has 164 valence electrons. The first-order valence-corrected chi connectivity index (χ1v) is 10.7. The van der Waals surface area contributed by atoms with Crippen LogP contribution < -0.4 is 0 Å². The lowest BCUT2D eigenvalue weighted by atomic mass is 9.75. The van der Waals surface area contributed by atoms with Crippen LogP contribution in [0.5, 0.6) is 0 Å². The van der Waals surface area contributed by atoms with E-state index in [9.17, 15) is 9.59 Å². The molecule has 0 N–H and O–H groups in total. The van der Waals surface area contributed by atoms with E-state index in [0.29, 0.717) is 13.0 Å². The molecule has 1 aliphatic rings. The molecule has 0 aliphatic heterocycles. The van der Waals surface area contributed by atoms with Crippen LogP contribution in [0.1, 0.15) is 101 Å². The van der Waals surface area contributed by atoms with E-state index >= 15 is 0 Å². The fraction of sp³-hybridized carbons (Fsp3) is 0.913. The van der Waals surface area contributed by atoms with Crippen LogP contribution in [-0.2, 0) is 23.8 Å². The van der Waals surface area contributed by atoms with Gasteiger partial charge in [-0.1, -0.05) is 34.6 Å². The number of hydrogen-bond donors (Lipinski definition) is 0. The molecule has 1 aliphatic carbocycles. The van der Waals surface area contributed by atoms with Crippen molar-refractivity contribution in [1.29, 1.82) is 0 Å². The SMILES string of the molecule is CC(C)C(=O)OC(C)(C)CCOC(C)(C)CC(=O)OC1(C(C)(C)C)CCCC1. The number of carbonyl (C=O) groups excluding carboxylic acids is 2. The van der Waals surface area contributed by atoms with E-state index in [1.165, 1.54) is 0 Å². The van der Waals surface area contributed by atoms with Crippen molar-refractivity contribution in [3.63, 3.8) is 0 Å². The fourth-order valence-corrected chi connectivity index (χ4v) is 3.62.